The van der Waals surface area contributed by atoms with E-state index in [9.17, 15) is 4.79 Å². The van der Waals surface area contributed by atoms with Gasteiger partial charge in [0, 0.05) is 11.6 Å². The van der Waals surface area contributed by atoms with Crippen LogP contribution in [0.15, 0.2) is 18.2 Å². The molecule has 0 unspecified atom stereocenters. The van der Waals surface area contributed by atoms with E-state index in [0.717, 1.165) is 22.6 Å². The third-order valence-corrected chi connectivity index (χ3v) is 3.03. The summed E-state index contributed by atoms with van der Waals surface area (Å²) in [6.07, 6.45) is 1.37. The van der Waals surface area contributed by atoms with Crippen LogP contribution in [0.25, 0.3) is 0 Å². The van der Waals surface area contributed by atoms with Crippen molar-refractivity contribution >= 4 is 17.5 Å². The maximum Gasteiger partial charge on any atom is 0.236 e. The van der Waals surface area contributed by atoms with Crippen LogP contribution in [0.1, 0.15) is 24.5 Å². The van der Waals surface area contributed by atoms with E-state index in [1.54, 1.807) is 0 Å². The van der Waals surface area contributed by atoms with E-state index < -0.39 is 6.04 Å². The molecule has 3 nitrogen and oxygen atoms in total. The van der Waals surface area contributed by atoms with Crippen molar-refractivity contribution in [3.8, 4) is 0 Å². The van der Waals surface area contributed by atoms with Gasteiger partial charge in [0.25, 0.3) is 0 Å². The van der Waals surface area contributed by atoms with Gasteiger partial charge in [0.15, 0.2) is 0 Å². The standard InChI is InChI=1S/C13H19ClN2O/c1-3-12(15)13(17)16-7-6-10-5-4-9(2)8-11(10)14/h4-5,8,12H,3,6-7,15H2,1-2H3,(H,16,17)/t12-/m0/s1. The highest BCUT2D eigenvalue weighted by Gasteiger charge is 2.09. The summed E-state index contributed by atoms with van der Waals surface area (Å²) < 4.78 is 0. The summed E-state index contributed by atoms with van der Waals surface area (Å²) in [6, 6.07) is 5.52. The molecule has 0 aliphatic rings. The summed E-state index contributed by atoms with van der Waals surface area (Å²) in [4.78, 5) is 11.4. The van der Waals surface area contributed by atoms with Crippen molar-refractivity contribution in [3.05, 3.63) is 34.3 Å². The van der Waals surface area contributed by atoms with Crippen molar-refractivity contribution in [1.82, 2.24) is 5.32 Å². The average molecular weight is 255 g/mol. The molecule has 0 aliphatic carbocycles. The summed E-state index contributed by atoms with van der Waals surface area (Å²) in [7, 11) is 0. The first-order valence-corrected chi connectivity index (χ1v) is 6.20. The van der Waals surface area contributed by atoms with Gasteiger partial charge in [-0.2, -0.15) is 0 Å². The Hall–Kier alpha value is -1.06. The average Bonchev–Trinajstić information content (AvgIpc) is 2.30. The molecule has 0 saturated carbocycles. The topological polar surface area (TPSA) is 55.1 Å². The van der Waals surface area contributed by atoms with E-state index in [4.69, 9.17) is 17.3 Å². The number of nitrogens with two attached hydrogens (primary N) is 1. The molecule has 4 heteroatoms. The minimum Gasteiger partial charge on any atom is -0.354 e. The fourth-order valence-electron chi connectivity index (χ4n) is 1.49. The van der Waals surface area contributed by atoms with E-state index >= 15 is 0 Å². The van der Waals surface area contributed by atoms with Crippen molar-refractivity contribution in [3.63, 3.8) is 0 Å². The van der Waals surface area contributed by atoms with Crippen LogP contribution in [0.5, 0.6) is 0 Å². The van der Waals surface area contributed by atoms with Gasteiger partial charge in [0.1, 0.15) is 0 Å². The van der Waals surface area contributed by atoms with E-state index in [1.165, 1.54) is 0 Å². The quantitative estimate of drug-likeness (QED) is 0.845. The lowest BCUT2D eigenvalue weighted by Crippen LogP contribution is -2.40. The minimum atomic E-state index is -0.413. The molecule has 3 N–H and O–H groups in total. The van der Waals surface area contributed by atoms with Gasteiger partial charge in [-0.05, 0) is 37.0 Å². The molecule has 1 aromatic carbocycles. The van der Waals surface area contributed by atoms with Crippen molar-refractivity contribution in [2.75, 3.05) is 6.54 Å². The maximum atomic E-state index is 11.4. The zero-order valence-corrected chi connectivity index (χ0v) is 11.1. The molecule has 94 valence electrons. The zero-order chi connectivity index (χ0) is 12.8. The number of carbonyl (C=O) groups excluding carboxylic acids is 1. The molecule has 1 rings (SSSR count). The van der Waals surface area contributed by atoms with Crippen LogP contribution in [0.3, 0.4) is 0 Å². The van der Waals surface area contributed by atoms with Gasteiger partial charge in [-0.3, -0.25) is 4.79 Å². The highest BCUT2D eigenvalue weighted by molar-refractivity contribution is 6.31. The number of halogens is 1. The van der Waals surface area contributed by atoms with Crippen LogP contribution in [-0.4, -0.2) is 18.5 Å². The van der Waals surface area contributed by atoms with Gasteiger partial charge in [0.05, 0.1) is 6.04 Å². The van der Waals surface area contributed by atoms with Crippen LogP contribution < -0.4 is 11.1 Å². The number of amides is 1. The summed E-state index contributed by atoms with van der Waals surface area (Å²) in [5, 5.41) is 3.55. The van der Waals surface area contributed by atoms with Crippen molar-refractivity contribution in [2.45, 2.75) is 32.7 Å². The molecular weight excluding hydrogens is 236 g/mol. The number of hydrogen-bond acceptors (Lipinski definition) is 2. The number of hydrogen-bond donors (Lipinski definition) is 2. The Bertz CT molecular complexity index is 393. The zero-order valence-electron chi connectivity index (χ0n) is 10.3. The predicted molar refractivity (Wildman–Crippen MR) is 71.2 cm³/mol. The molecular formula is C13H19ClN2O. The SMILES string of the molecule is CC[C@H](N)C(=O)NCCc1ccc(C)cc1Cl. The number of aryl methyl sites for hydroxylation is 1. The summed E-state index contributed by atoms with van der Waals surface area (Å²) in [5.41, 5.74) is 7.79. The Morgan fingerprint density at radius 3 is 2.82 bits per heavy atom. The molecule has 17 heavy (non-hydrogen) atoms. The highest BCUT2D eigenvalue weighted by atomic mass is 35.5. The first kappa shape index (κ1) is 14.0. The van der Waals surface area contributed by atoms with E-state index in [1.807, 2.05) is 32.0 Å². The van der Waals surface area contributed by atoms with Crippen LogP contribution in [-0.2, 0) is 11.2 Å². The summed E-state index contributed by atoms with van der Waals surface area (Å²) >= 11 is 6.10. The number of rotatable bonds is 5. The number of carbonyl (C=O) groups is 1. The lowest BCUT2D eigenvalue weighted by Gasteiger charge is -2.10. The Morgan fingerprint density at radius 2 is 2.24 bits per heavy atom. The molecule has 1 amide bonds. The molecule has 0 aromatic heterocycles. The lowest BCUT2D eigenvalue weighted by atomic mass is 10.1. The molecule has 0 aliphatic heterocycles. The van der Waals surface area contributed by atoms with Crippen LogP contribution in [0, 0.1) is 6.92 Å². The van der Waals surface area contributed by atoms with Gasteiger partial charge in [-0.15, -0.1) is 0 Å². The van der Waals surface area contributed by atoms with E-state index in [0.29, 0.717) is 13.0 Å². The predicted octanol–water partition coefficient (Wildman–Crippen LogP) is 2.04. The molecule has 0 bridgehead atoms. The molecule has 0 radical (unpaired) electrons. The van der Waals surface area contributed by atoms with Gasteiger partial charge in [-0.1, -0.05) is 30.7 Å². The van der Waals surface area contributed by atoms with Crippen LogP contribution in [0.2, 0.25) is 5.02 Å². The maximum absolute atomic E-state index is 11.4. The lowest BCUT2D eigenvalue weighted by molar-refractivity contribution is -0.122. The van der Waals surface area contributed by atoms with Crippen molar-refractivity contribution in [2.24, 2.45) is 5.73 Å². The monoisotopic (exact) mass is 254 g/mol. The van der Waals surface area contributed by atoms with Crippen molar-refractivity contribution in [1.29, 1.82) is 0 Å². The minimum absolute atomic E-state index is 0.101. The first-order chi connectivity index (χ1) is 8.04. The molecule has 0 spiro atoms. The van der Waals surface area contributed by atoms with Gasteiger partial charge >= 0.3 is 0 Å². The number of benzene rings is 1. The van der Waals surface area contributed by atoms with Gasteiger partial charge in [0.2, 0.25) is 5.91 Å². The summed E-state index contributed by atoms with van der Waals surface area (Å²) in [5.74, 6) is -0.101. The highest BCUT2D eigenvalue weighted by Crippen LogP contribution is 2.17. The smallest absolute Gasteiger partial charge is 0.236 e. The second-order valence-electron chi connectivity index (χ2n) is 4.15. The summed E-state index contributed by atoms with van der Waals surface area (Å²) in [6.45, 7) is 4.45. The van der Waals surface area contributed by atoms with Crippen LogP contribution >= 0.6 is 11.6 Å². The van der Waals surface area contributed by atoms with Crippen molar-refractivity contribution < 1.29 is 4.79 Å². The van der Waals surface area contributed by atoms with E-state index in [2.05, 4.69) is 5.32 Å². The van der Waals surface area contributed by atoms with E-state index in [-0.39, 0.29) is 5.91 Å². The third-order valence-electron chi connectivity index (χ3n) is 2.68. The number of nitrogens with one attached hydrogen (secondary N) is 1. The molecule has 1 aromatic rings. The molecule has 0 saturated heterocycles. The molecule has 1 atom stereocenters. The largest absolute Gasteiger partial charge is 0.354 e. The molecule has 0 heterocycles. The van der Waals surface area contributed by atoms with Gasteiger partial charge < -0.3 is 11.1 Å². The second-order valence-corrected chi connectivity index (χ2v) is 4.56. The van der Waals surface area contributed by atoms with Crippen LogP contribution in [0.4, 0.5) is 0 Å². The normalized spacial score (nSPS) is 12.2. The second kappa shape index (κ2) is 6.62. The Morgan fingerprint density at radius 1 is 1.53 bits per heavy atom. The van der Waals surface area contributed by atoms with Gasteiger partial charge in [-0.25, -0.2) is 0 Å². The Labute approximate surface area is 107 Å². The third kappa shape index (κ3) is 4.36. The fraction of sp³-hybridized carbons (Fsp3) is 0.462. The Balaban J connectivity index is 2.43. The molecule has 0 fully saturated rings. The fourth-order valence-corrected chi connectivity index (χ4v) is 1.82. The first-order valence-electron chi connectivity index (χ1n) is 5.83. The Kier molecular flexibility index (Phi) is 5.45.